The zero-order valence-electron chi connectivity index (χ0n) is 4.37. The Kier molecular flexibility index (Phi) is 1.96. The van der Waals surface area contributed by atoms with Crippen LogP contribution in [0.4, 0.5) is 5.95 Å². The first-order valence-electron chi connectivity index (χ1n) is 2.20. The van der Waals surface area contributed by atoms with Crippen molar-refractivity contribution in [1.29, 1.82) is 0 Å². The molecule has 0 radical (unpaired) electrons. The summed E-state index contributed by atoms with van der Waals surface area (Å²) in [5.41, 5.74) is 1.81. The average molecular weight is 190 g/mol. The van der Waals surface area contributed by atoms with Gasteiger partial charge in [-0.15, -0.1) is 0 Å². The molecular formula is C4H4BrN3O. The van der Waals surface area contributed by atoms with Crippen molar-refractivity contribution in [2.24, 2.45) is 0 Å². The van der Waals surface area contributed by atoms with E-state index in [0.29, 0.717) is 0 Å². The van der Waals surface area contributed by atoms with Crippen LogP contribution in [0.2, 0.25) is 0 Å². The zero-order valence-corrected chi connectivity index (χ0v) is 5.96. The fraction of sp³-hybridized carbons (Fsp3) is 0. The Hall–Kier alpha value is -0.680. The first-order chi connectivity index (χ1) is 4.33. The lowest BCUT2D eigenvalue weighted by Gasteiger charge is -1.92. The highest BCUT2D eigenvalue weighted by atomic mass is 79.9. The Morgan fingerprint density at radius 1 is 1.44 bits per heavy atom. The Morgan fingerprint density at radius 3 is 2.44 bits per heavy atom. The Labute approximate surface area is 60.0 Å². The maximum absolute atomic E-state index is 8.24. The molecule has 48 valence electrons. The average Bonchev–Trinajstić information content (AvgIpc) is 1.90. The van der Waals surface area contributed by atoms with E-state index in [4.69, 9.17) is 5.21 Å². The molecule has 0 saturated heterocycles. The monoisotopic (exact) mass is 189 g/mol. The molecule has 0 aliphatic heterocycles. The molecule has 0 aliphatic carbocycles. The molecule has 0 fully saturated rings. The van der Waals surface area contributed by atoms with Crippen LogP contribution in [0.1, 0.15) is 0 Å². The van der Waals surface area contributed by atoms with Gasteiger partial charge in [-0.05, 0) is 15.9 Å². The van der Waals surface area contributed by atoms with Crippen LogP contribution in [0.5, 0.6) is 0 Å². The maximum atomic E-state index is 8.24. The molecule has 1 aromatic heterocycles. The molecule has 1 heterocycles. The van der Waals surface area contributed by atoms with Crippen LogP contribution >= 0.6 is 15.9 Å². The summed E-state index contributed by atoms with van der Waals surface area (Å²) in [5.74, 6) is 0.193. The second-order valence-corrected chi connectivity index (χ2v) is 2.25. The summed E-state index contributed by atoms with van der Waals surface area (Å²) in [5, 5.41) is 8.24. The van der Waals surface area contributed by atoms with Crippen molar-refractivity contribution in [3.05, 3.63) is 16.9 Å². The van der Waals surface area contributed by atoms with Crippen LogP contribution in [-0.4, -0.2) is 15.2 Å². The van der Waals surface area contributed by atoms with Gasteiger partial charge in [0.25, 0.3) is 0 Å². The van der Waals surface area contributed by atoms with Crippen molar-refractivity contribution >= 4 is 21.9 Å². The van der Waals surface area contributed by atoms with Gasteiger partial charge in [0.2, 0.25) is 5.95 Å². The van der Waals surface area contributed by atoms with Crippen molar-refractivity contribution in [3.8, 4) is 0 Å². The predicted molar refractivity (Wildman–Crippen MR) is 35.1 cm³/mol. The van der Waals surface area contributed by atoms with E-state index in [1.54, 1.807) is 0 Å². The third kappa shape index (κ3) is 1.62. The van der Waals surface area contributed by atoms with E-state index in [1.165, 1.54) is 12.4 Å². The lowest BCUT2D eigenvalue weighted by Crippen LogP contribution is -1.94. The van der Waals surface area contributed by atoms with Crippen LogP contribution in [0, 0.1) is 0 Å². The second kappa shape index (κ2) is 2.75. The van der Waals surface area contributed by atoms with Gasteiger partial charge in [-0.3, -0.25) is 5.21 Å². The molecule has 0 amide bonds. The van der Waals surface area contributed by atoms with Gasteiger partial charge >= 0.3 is 0 Å². The second-order valence-electron chi connectivity index (χ2n) is 1.34. The highest BCUT2D eigenvalue weighted by molar-refractivity contribution is 9.10. The van der Waals surface area contributed by atoms with Gasteiger partial charge in [0.15, 0.2) is 0 Å². The molecule has 9 heavy (non-hydrogen) atoms. The molecule has 1 rings (SSSR count). The quantitative estimate of drug-likeness (QED) is 0.649. The SMILES string of the molecule is ONc1ncc(Br)cn1. The van der Waals surface area contributed by atoms with Gasteiger partial charge in [0.1, 0.15) is 0 Å². The molecule has 0 atom stereocenters. The van der Waals surface area contributed by atoms with Gasteiger partial charge in [-0.2, -0.15) is 0 Å². The topological polar surface area (TPSA) is 58.0 Å². The molecule has 1 aromatic rings. The van der Waals surface area contributed by atoms with Gasteiger partial charge in [0.05, 0.1) is 4.47 Å². The normalized spacial score (nSPS) is 9.11. The van der Waals surface area contributed by atoms with Crippen molar-refractivity contribution in [2.45, 2.75) is 0 Å². The van der Waals surface area contributed by atoms with Crippen molar-refractivity contribution in [1.82, 2.24) is 9.97 Å². The molecule has 2 N–H and O–H groups in total. The van der Waals surface area contributed by atoms with Crippen molar-refractivity contribution in [2.75, 3.05) is 5.48 Å². The number of hydrogen-bond donors (Lipinski definition) is 2. The minimum absolute atomic E-state index is 0.193. The highest BCUT2D eigenvalue weighted by Crippen LogP contribution is 2.05. The maximum Gasteiger partial charge on any atom is 0.246 e. The molecule has 0 spiro atoms. The molecule has 0 unspecified atom stereocenters. The van der Waals surface area contributed by atoms with Crippen LogP contribution in [0.3, 0.4) is 0 Å². The van der Waals surface area contributed by atoms with Gasteiger partial charge in [-0.1, -0.05) is 0 Å². The summed E-state index contributed by atoms with van der Waals surface area (Å²) >= 11 is 3.14. The summed E-state index contributed by atoms with van der Waals surface area (Å²) in [6.45, 7) is 0. The van der Waals surface area contributed by atoms with E-state index in [2.05, 4.69) is 25.9 Å². The standard InChI is InChI=1S/C4H4BrN3O/c5-3-1-6-4(8-9)7-2-3/h1-2,9H,(H,6,7,8). The lowest BCUT2D eigenvalue weighted by atomic mass is 10.7. The first-order valence-corrected chi connectivity index (χ1v) is 3.00. The van der Waals surface area contributed by atoms with Gasteiger partial charge in [0, 0.05) is 12.4 Å². The molecule has 0 bridgehead atoms. The van der Waals surface area contributed by atoms with E-state index in [-0.39, 0.29) is 5.95 Å². The van der Waals surface area contributed by atoms with Crippen LogP contribution in [-0.2, 0) is 0 Å². The number of aromatic nitrogens is 2. The summed E-state index contributed by atoms with van der Waals surface area (Å²) in [7, 11) is 0. The summed E-state index contributed by atoms with van der Waals surface area (Å²) < 4.78 is 0.779. The van der Waals surface area contributed by atoms with Crippen molar-refractivity contribution in [3.63, 3.8) is 0 Å². The van der Waals surface area contributed by atoms with E-state index >= 15 is 0 Å². The fourth-order valence-corrected chi connectivity index (χ4v) is 0.575. The minimum atomic E-state index is 0.193. The van der Waals surface area contributed by atoms with E-state index < -0.39 is 0 Å². The molecular weight excluding hydrogens is 186 g/mol. The summed E-state index contributed by atoms with van der Waals surface area (Å²) in [6, 6.07) is 0. The van der Waals surface area contributed by atoms with Gasteiger partial charge < -0.3 is 0 Å². The van der Waals surface area contributed by atoms with Crippen LogP contribution in [0.15, 0.2) is 16.9 Å². The van der Waals surface area contributed by atoms with E-state index in [1.807, 2.05) is 5.48 Å². The molecule has 0 aromatic carbocycles. The van der Waals surface area contributed by atoms with E-state index in [0.717, 1.165) is 4.47 Å². The number of halogens is 1. The summed E-state index contributed by atoms with van der Waals surface area (Å²) in [6.07, 6.45) is 3.07. The molecule has 0 aliphatic rings. The third-order valence-electron chi connectivity index (χ3n) is 0.720. The Bertz CT molecular complexity index is 188. The number of hydrogen-bond acceptors (Lipinski definition) is 4. The number of nitrogens with one attached hydrogen (secondary N) is 1. The largest absolute Gasteiger partial charge is 0.288 e. The lowest BCUT2D eigenvalue weighted by molar-refractivity contribution is 0.382. The Balaban J connectivity index is 2.88. The van der Waals surface area contributed by atoms with E-state index in [9.17, 15) is 0 Å². The third-order valence-corrected chi connectivity index (χ3v) is 1.13. The highest BCUT2D eigenvalue weighted by Gasteiger charge is 1.89. The summed E-state index contributed by atoms with van der Waals surface area (Å²) in [4.78, 5) is 7.36. The first kappa shape index (κ1) is 6.44. The number of nitrogens with zero attached hydrogens (tertiary/aromatic N) is 2. The molecule has 5 heteroatoms. The van der Waals surface area contributed by atoms with Crippen LogP contribution < -0.4 is 5.48 Å². The predicted octanol–water partition coefficient (Wildman–Crippen LogP) is 1.04. The fourth-order valence-electron chi connectivity index (χ4n) is 0.370. The van der Waals surface area contributed by atoms with Crippen LogP contribution in [0.25, 0.3) is 0 Å². The minimum Gasteiger partial charge on any atom is -0.288 e. The smallest absolute Gasteiger partial charge is 0.246 e. The zero-order chi connectivity index (χ0) is 6.69. The Morgan fingerprint density at radius 2 is 2.00 bits per heavy atom. The van der Waals surface area contributed by atoms with Crippen molar-refractivity contribution < 1.29 is 5.21 Å². The number of rotatable bonds is 1. The number of anilines is 1. The molecule has 0 saturated carbocycles. The van der Waals surface area contributed by atoms with Gasteiger partial charge in [-0.25, -0.2) is 15.4 Å². The molecule has 4 nitrogen and oxygen atoms in total.